The Morgan fingerprint density at radius 1 is 1.33 bits per heavy atom. The third-order valence-corrected chi connectivity index (χ3v) is 3.64. The van der Waals surface area contributed by atoms with Crippen molar-refractivity contribution in [2.24, 2.45) is 0 Å². The number of benzene rings is 1. The predicted molar refractivity (Wildman–Crippen MR) is 74.4 cm³/mol. The quantitative estimate of drug-likeness (QED) is 0.787. The van der Waals surface area contributed by atoms with E-state index in [4.69, 9.17) is 4.74 Å². The highest BCUT2D eigenvalue weighted by Gasteiger charge is 2.02. The van der Waals surface area contributed by atoms with Crippen LogP contribution in [0.15, 0.2) is 35.7 Å². The molecular formula is C14H17NO2S. The topological polar surface area (TPSA) is 41.5 Å². The molecule has 1 aromatic heterocycles. The summed E-state index contributed by atoms with van der Waals surface area (Å²) >= 11 is 1.78. The van der Waals surface area contributed by atoms with Gasteiger partial charge in [0.15, 0.2) is 11.5 Å². The van der Waals surface area contributed by atoms with Gasteiger partial charge in [-0.25, -0.2) is 0 Å². The van der Waals surface area contributed by atoms with Gasteiger partial charge in [-0.3, -0.25) is 0 Å². The van der Waals surface area contributed by atoms with Crippen LogP contribution < -0.4 is 10.1 Å². The summed E-state index contributed by atoms with van der Waals surface area (Å²) in [5.74, 6) is 0.701. The number of phenolic OH excluding ortho intramolecular Hbond substituents is 1. The van der Waals surface area contributed by atoms with Gasteiger partial charge >= 0.3 is 0 Å². The lowest BCUT2D eigenvalue weighted by Crippen LogP contribution is -2.16. The highest BCUT2D eigenvalue weighted by Crippen LogP contribution is 2.26. The average Bonchev–Trinajstić information content (AvgIpc) is 2.89. The van der Waals surface area contributed by atoms with Gasteiger partial charge in [0.1, 0.15) is 0 Å². The minimum Gasteiger partial charge on any atom is -0.504 e. The van der Waals surface area contributed by atoms with Crippen LogP contribution in [0.3, 0.4) is 0 Å². The molecule has 2 N–H and O–H groups in total. The molecule has 0 aliphatic carbocycles. The Morgan fingerprint density at radius 2 is 2.22 bits per heavy atom. The van der Waals surface area contributed by atoms with Crippen molar-refractivity contribution in [1.82, 2.24) is 5.32 Å². The van der Waals surface area contributed by atoms with Gasteiger partial charge < -0.3 is 15.2 Å². The van der Waals surface area contributed by atoms with E-state index in [0.717, 1.165) is 25.1 Å². The molecule has 0 atom stereocenters. The van der Waals surface area contributed by atoms with E-state index in [-0.39, 0.29) is 5.75 Å². The van der Waals surface area contributed by atoms with Crippen molar-refractivity contribution in [1.29, 1.82) is 0 Å². The SMILES string of the molecule is COc1cc(CNCCc2cccs2)ccc1O. The Bertz CT molecular complexity index is 483. The van der Waals surface area contributed by atoms with Crippen molar-refractivity contribution in [2.45, 2.75) is 13.0 Å². The maximum atomic E-state index is 9.49. The highest BCUT2D eigenvalue weighted by atomic mass is 32.1. The zero-order chi connectivity index (χ0) is 12.8. The van der Waals surface area contributed by atoms with Gasteiger partial charge in [0.2, 0.25) is 0 Å². The second-order valence-corrected chi connectivity index (χ2v) is 5.04. The number of phenols is 1. The number of aromatic hydroxyl groups is 1. The molecular weight excluding hydrogens is 246 g/mol. The molecule has 4 heteroatoms. The number of hydrogen-bond acceptors (Lipinski definition) is 4. The van der Waals surface area contributed by atoms with Crippen LogP contribution in [0.4, 0.5) is 0 Å². The highest BCUT2D eigenvalue weighted by molar-refractivity contribution is 7.09. The van der Waals surface area contributed by atoms with Crippen LogP contribution in [0.2, 0.25) is 0 Å². The number of hydrogen-bond donors (Lipinski definition) is 2. The third kappa shape index (κ3) is 3.48. The van der Waals surface area contributed by atoms with E-state index < -0.39 is 0 Å². The first-order valence-electron chi connectivity index (χ1n) is 5.88. The molecule has 0 spiro atoms. The van der Waals surface area contributed by atoms with Crippen LogP contribution in [0.1, 0.15) is 10.4 Å². The number of methoxy groups -OCH3 is 1. The smallest absolute Gasteiger partial charge is 0.160 e. The Balaban J connectivity index is 1.79. The minimum atomic E-state index is 0.180. The molecule has 0 saturated heterocycles. The first-order valence-corrected chi connectivity index (χ1v) is 6.76. The third-order valence-electron chi connectivity index (χ3n) is 2.70. The lowest BCUT2D eigenvalue weighted by atomic mass is 10.2. The van der Waals surface area contributed by atoms with Crippen LogP contribution in [0, 0.1) is 0 Å². The largest absolute Gasteiger partial charge is 0.504 e. The molecule has 0 radical (unpaired) electrons. The fraction of sp³-hybridized carbons (Fsp3) is 0.286. The summed E-state index contributed by atoms with van der Waals surface area (Å²) in [4.78, 5) is 1.39. The molecule has 2 aromatic rings. The zero-order valence-electron chi connectivity index (χ0n) is 10.3. The Labute approximate surface area is 111 Å². The fourth-order valence-corrected chi connectivity index (χ4v) is 2.44. The van der Waals surface area contributed by atoms with Gasteiger partial charge in [0.05, 0.1) is 7.11 Å². The molecule has 0 amide bonds. The van der Waals surface area contributed by atoms with Crippen molar-refractivity contribution in [3.63, 3.8) is 0 Å². The molecule has 3 nitrogen and oxygen atoms in total. The molecule has 0 aliphatic rings. The summed E-state index contributed by atoms with van der Waals surface area (Å²) in [6.07, 6.45) is 1.05. The van der Waals surface area contributed by atoms with Crippen molar-refractivity contribution < 1.29 is 9.84 Å². The van der Waals surface area contributed by atoms with Crippen LogP contribution >= 0.6 is 11.3 Å². The standard InChI is InChI=1S/C14H17NO2S/c1-17-14-9-11(4-5-13(14)16)10-15-7-6-12-3-2-8-18-12/h2-5,8-9,15-16H,6-7,10H2,1H3. The van der Waals surface area contributed by atoms with E-state index in [1.54, 1.807) is 24.5 Å². The second kappa shape index (κ2) is 6.42. The van der Waals surface area contributed by atoms with Crippen LogP contribution in [-0.4, -0.2) is 18.8 Å². The van der Waals surface area contributed by atoms with Crippen molar-refractivity contribution >= 4 is 11.3 Å². The summed E-state index contributed by atoms with van der Waals surface area (Å²) in [5.41, 5.74) is 1.11. The molecule has 0 saturated carbocycles. The number of rotatable bonds is 6. The van der Waals surface area contributed by atoms with Crippen LogP contribution in [-0.2, 0) is 13.0 Å². The molecule has 0 fully saturated rings. The van der Waals surface area contributed by atoms with Gasteiger partial charge in [-0.1, -0.05) is 12.1 Å². The molecule has 18 heavy (non-hydrogen) atoms. The average molecular weight is 263 g/mol. The number of nitrogens with one attached hydrogen (secondary N) is 1. The van der Waals surface area contributed by atoms with E-state index in [9.17, 15) is 5.11 Å². The van der Waals surface area contributed by atoms with Crippen molar-refractivity contribution in [2.75, 3.05) is 13.7 Å². The lowest BCUT2D eigenvalue weighted by molar-refractivity contribution is 0.373. The summed E-state index contributed by atoms with van der Waals surface area (Å²) < 4.78 is 5.07. The van der Waals surface area contributed by atoms with Crippen LogP contribution in [0.5, 0.6) is 11.5 Å². The minimum absolute atomic E-state index is 0.180. The lowest BCUT2D eigenvalue weighted by Gasteiger charge is -2.07. The van der Waals surface area contributed by atoms with Gasteiger partial charge in [0.25, 0.3) is 0 Å². The van der Waals surface area contributed by atoms with Crippen molar-refractivity contribution in [3.05, 3.63) is 46.2 Å². The molecule has 2 rings (SSSR count). The molecule has 1 heterocycles. The van der Waals surface area contributed by atoms with E-state index >= 15 is 0 Å². The molecule has 1 aromatic carbocycles. The van der Waals surface area contributed by atoms with Gasteiger partial charge in [-0.15, -0.1) is 11.3 Å². The summed E-state index contributed by atoms with van der Waals surface area (Å²) in [7, 11) is 1.56. The number of ether oxygens (including phenoxy) is 1. The van der Waals surface area contributed by atoms with E-state index in [0.29, 0.717) is 5.75 Å². The summed E-state index contributed by atoms with van der Waals surface area (Å²) in [6, 6.07) is 9.64. The molecule has 0 aliphatic heterocycles. The summed E-state index contributed by atoms with van der Waals surface area (Å²) in [6.45, 7) is 1.73. The maximum absolute atomic E-state index is 9.49. The molecule has 96 valence electrons. The van der Waals surface area contributed by atoms with Gasteiger partial charge in [-0.2, -0.15) is 0 Å². The van der Waals surface area contributed by atoms with E-state index in [1.807, 2.05) is 12.1 Å². The first-order chi connectivity index (χ1) is 8.79. The van der Waals surface area contributed by atoms with Crippen molar-refractivity contribution in [3.8, 4) is 11.5 Å². The monoisotopic (exact) mass is 263 g/mol. The normalized spacial score (nSPS) is 10.5. The molecule has 0 unspecified atom stereocenters. The Hall–Kier alpha value is -1.52. The Morgan fingerprint density at radius 3 is 2.94 bits per heavy atom. The van der Waals surface area contributed by atoms with Crippen LogP contribution in [0.25, 0.3) is 0 Å². The Kier molecular flexibility index (Phi) is 4.61. The van der Waals surface area contributed by atoms with E-state index in [2.05, 4.69) is 22.8 Å². The summed E-state index contributed by atoms with van der Waals surface area (Å²) in [5, 5.41) is 15.0. The number of thiophene rings is 1. The second-order valence-electron chi connectivity index (χ2n) is 4.01. The first kappa shape index (κ1) is 12.9. The fourth-order valence-electron chi connectivity index (χ4n) is 1.73. The van der Waals surface area contributed by atoms with Gasteiger partial charge in [0, 0.05) is 18.0 Å². The zero-order valence-corrected chi connectivity index (χ0v) is 11.2. The van der Waals surface area contributed by atoms with Gasteiger partial charge in [-0.05, 0) is 35.6 Å². The molecule has 0 bridgehead atoms. The predicted octanol–water partition coefficient (Wildman–Crippen LogP) is 2.79. The maximum Gasteiger partial charge on any atom is 0.160 e. The van der Waals surface area contributed by atoms with E-state index in [1.165, 1.54) is 4.88 Å².